The lowest BCUT2D eigenvalue weighted by molar-refractivity contribution is -0.00761. The molecule has 0 aliphatic carbocycles. The van der Waals surface area contributed by atoms with Gasteiger partial charge in [0.15, 0.2) is 0 Å². The average molecular weight is 533 g/mol. The van der Waals surface area contributed by atoms with Gasteiger partial charge in [0.1, 0.15) is 17.5 Å². The zero-order valence-corrected chi connectivity index (χ0v) is 21.4. The number of thiophene rings is 1. The van der Waals surface area contributed by atoms with Crippen LogP contribution in [0.15, 0.2) is 48.0 Å². The van der Waals surface area contributed by atoms with Crippen LogP contribution in [0.2, 0.25) is 5.02 Å². The summed E-state index contributed by atoms with van der Waals surface area (Å²) >= 11 is 7.40. The Morgan fingerprint density at radius 1 is 1.20 bits per heavy atom. The number of hydrogen-bond acceptors (Lipinski definition) is 7. The van der Waals surface area contributed by atoms with Gasteiger partial charge in [0.2, 0.25) is 10.0 Å². The number of anilines is 2. The molecule has 5 heterocycles. The maximum absolute atomic E-state index is 12.9. The lowest BCUT2D eigenvalue weighted by Crippen LogP contribution is -2.52. The van der Waals surface area contributed by atoms with Crippen LogP contribution in [0.3, 0.4) is 0 Å². The van der Waals surface area contributed by atoms with Crippen molar-refractivity contribution >= 4 is 50.2 Å². The summed E-state index contributed by atoms with van der Waals surface area (Å²) in [5, 5.41) is 4.96. The van der Waals surface area contributed by atoms with Crippen LogP contribution in [0.25, 0.3) is 11.3 Å². The fraction of sp³-hybridized carbons (Fsp3) is 0.333. The first-order valence-corrected chi connectivity index (χ1v) is 14.4. The van der Waals surface area contributed by atoms with E-state index in [-0.39, 0.29) is 17.7 Å². The molecule has 8 nitrogen and oxygen atoms in total. The smallest absolute Gasteiger partial charge is 0.265 e. The monoisotopic (exact) mass is 532 g/mol. The summed E-state index contributed by atoms with van der Waals surface area (Å²) in [6.45, 7) is 3.23. The first-order chi connectivity index (χ1) is 16.7. The molecule has 0 radical (unpaired) electrons. The highest BCUT2D eigenvalue weighted by Crippen LogP contribution is 2.36. The van der Waals surface area contributed by atoms with Crippen LogP contribution in [-0.4, -0.2) is 56.2 Å². The summed E-state index contributed by atoms with van der Waals surface area (Å²) in [5.74, 6) is 0.962. The molecule has 11 heteroatoms. The Labute approximate surface area is 213 Å². The number of fused-ring (bicyclic) bond motifs is 3. The molecule has 0 saturated carbocycles. The van der Waals surface area contributed by atoms with E-state index in [1.54, 1.807) is 18.3 Å². The fourth-order valence-corrected chi connectivity index (χ4v) is 6.18. The minimum Gasteiger partial charge on any atom is -0.487 e. The Kier molecular flexibility index (Phi) is 6.71. The van der Waals surface area contributed by atoms with Crippen LogP contribution in [0, 0.1) is 5.92 Å². The number of rotatable bonds is 7. The van der Waals surface area contributed by atoms with Crippen molar-refractivity contribution in [3.05, 3.63) is 57.9 Å². The van der Waals surface area contributed by atoms with Crippen LogP contribution < -0.4 is 14.8 Å². The molecule has 6 rings (SSSR count). The molecule has 3 aliphatic rings. The third-order valence-electron chi connectivity index (χ3n) is 6.20. The third kappa shape index (κ3) is 5.78. The normalized spacial score (nSPS) is 21.5. The van der Waals surface area contributed by atoms with Crippen LogP contribution in [-0.2, 0) is 10.0 Å². The molecule has 1 aromatic carbocycles. The molecule has 1 unspecified atom stereocenters. The second-order valence-electron chi connectivity index (χ2n) is 8.90. The number of aromatic nitrogens is 1. The lowest BCUT2D eigenvalue weighted by atomic mass is 9.86. The number of piperidine rings is 3. The SMILES string of the molecule is CS(=O)(=O)Nc1cc(Cl)cc(NC(=O)c2cc(-c3ncccc3OC3CN4CCC3CC4)cs2)c1. The second kappa shape index (κ2) is 9.77. The van der Waals surface area contributed by atoms with Gasteiger partial charge in [0.25, 0.3) is 5.91 Å². The van der Waals surface area contributed by atoms with E-state index in [1.165, 1.54) is 23.5 Å². The fourth-order valence-electron chi connectivity index (χ4n) is 4.62. The van der Waals surface area contributed by atoms with Gasteiger partial charge >= 0.3 is 0 Å². The minimum atomic E-state index is -3.48. The molecular formula is C24H25ClN4O4S2. The molecule has 3 aliphatic heterocycles. The highest BCUT2D eigenvalue weighted by Gasteiger charge is 2.36. The van der Waals surface area contributed by atoms with E-state index in [0.717, 1.165) is 50.0 Å². The van der Waals surface area contributed by atoms with E-state index in [4.69, 9.17) is 16.3 Å². The van der Waals surface area contributed by atoms with Crippen molar-refractivity contribution in [1.82, 2.24) is 9.88 Å². The maximum Gasteiger partial charge on any atom is 0.265 e. The van der Waals surface area contributed by atoms with Crippen molar-refractivity contribution in [1.29, 1.82) is 0 Å². The van der Waals surface area contributed by atoms with Gasteiger partial charge in [0.05, 0.1) is 16.8 Å². The summed E-state index contributed by atoms with van der Waals surface area (Å²) in [6, 6.07) is 10.1. The Bertz CT molecular complexity index is 1350. The highest BCUT2D eigenvalue weighted by atomic mass is 35.5. The van der Waals surface area contributed by atoms with Gasteiger partial charge in [-0.2, -0.15) is 0 Å². The van der Waals surface area contributed by atoms with E-state index in [0.29, 0.717) is 27.2 Å². The molecule has 1 amide bonds. The van der Waals surface area contributed by atoms with Crippen LogP contribution in [0.5, 0.6) is 5.75 Å². The standard InChI is InChI=1S/C24H25ClN4O4S2/c1-35(31,32)28-19-11-17(25)10-18(12-19)27-24(30)22-9-16(14-34-22)23-20(3-2-6-26-23)33-21-13-29-7-4-15(21)5-8-29/h2-3,6,9-12,14-15,21,28H,4-5,7-8,13H2,1H3,(H,27,30). The molecule has 2 bridgehead atoms. The minimum absolute atomic E-state index is 0.152. The number of sulfonamides is 1. The molecule has 2 N–H and O–H groups in total. The number of amides is 1. The summed E-state index contributed by atoms with van der Waals surface area (Å²) in [4.78, 5) is 20.4. The van der Waals surface area contributed by atoms with Gasteiger partial charge in [-0.05, 0) is 68.2 Å². The first kappa shape index (κ1) is 24.1. The largest absolute Gasteiger partial charge is 0.487 e. The first-order valence-electron chi connectivity index (χ1n) is 11.3. The Morgan fingerprint density at radius 3 is 2.69 bits per heavy atom. The quantitative estimate of drug-likeness (QED) is 0.462. The van der Waals surface area contributed by atoms with Crippen molar-refractivity contribution < 1.29 is 17.9 Å². The van der Waals surface area contributed by atoms with Gasteiger partial charge in [0, 0.05) is 34.4 Å². The predicted octanol–water partition coefficient (Wildman–Crippen LogP) is 4.56. The number of carbonyl (C=O) groups is 1. The molecule has 184 valence electrons. The van der Waals surface area contributed by atoms with Crippen molar-refractivity contribution in [2.45, 2.75) is 18.9 Å². The number of halogens is 1. The zero-order chi connectivity index (χ0) is 24.6. The molecule has 3 saturated heterocycles. The maximum atomic E-state index is 12.9. The molecule has 0 spiro atoms. The van der Waals surface area contributed by atoms with Crippen molar-refractivity contribution in [3.63, 3.8) is 0 Å². The highest BCUT2D eigenvalue weighted by molar-refractivity contribution is 7.92. The van der Waals surface area contributed by atoms with Gasteiger partial charge < -0.3 is 10.1 Å². The van der Waals surface area contributed by atoms with E-state index in [2.05, 4.69) is 19.9 Å². The Hall–Kier alpha value is -2.66. The van der Waals surface area contributed by atoms with E-state index in [1.807, 2.05) is 17.5 Å². The molecule has 3 fully saturated rings. The lowest BCUT2D eigenvalue weighted by Gasteiger charge is -2.44. The second-order valence-corrected chi connectivity index (χ2v) is 12.0. The molecule has 2 aromatic heterocycles. The van der Waals surface area contributed by atoms with E-state index >= 15 is 0 Å². The number of nitrogens with zero attached hydrogens (tertiary/aromatic N) is 2. The van der Waals surface area contributed by atoms with E-state index in [9.17, 15) is 13.2 Å². The van der Waals surface area contributed by atoms with Gasteiger partial charge in [-0.25, -0.2) is 8.42 Å². The topological polar surface area (TPSA) is 101 Å². The van der Waals surface area contributed by atoms with Crippen LogP contribution in [0.1, 0.15) is 22.5 Å². The summed E-state index contributed by atoms with van der Waals surface area (Å²) < 4.78 is 31.9. The molecule has 35 heavy (non-hydrogen) atoms. The van der Waals surface area contributed by atoms with Crippen molar-refractivity contribution in [3.8, 4) is 17.0 Å². The number of hydrogen-bond donors (Lipinski definition) is 2. The zero-order valence-electron chi connectivity index (χ0n) is 19.0. The van der Waals surface area contributed by atoms with Crippen molar-refractivity contribution in [2.75, 3.05) is 35.9 Å². The van der Waals surface area contributed by atoms with Crippen molar-refractivity contribution in [2.24, 2.45) is 5.92 Å². The predicted molar refractivity (Wildman–Crippen MR) is 139 cm³/mol. The number of nitrogens with one attached hydrogen (secondary N) is 2. The number of benzene rings is 1. The molecule has 1 atom stereocenters. The van der Waals surface area contributed by atoms with Gasteiger partial charge in [-0.1, -0.05) is 11.6 Å². The number of ether oxygens (including phenoxy) is 1. The van der Waals surface area contributed by atoms with Crippen LogP contribution >= 0.6 is 22.9 Å². The number of carbonyl (C=O) groups excluding carboxylic acids is 1. The average Bonchev–Trinajstić information content (AvgIpc) is 3.29. The number of pyridine rings is 1. The third-order valence-corrected chi connectivity index (χ3v) is 7.95. The summed E-state index contributed by atoms with van der Waals surface area (Å²) in [5.41, 5.74) is 2.17. The molecular weight excluding hydrogens is 508 g/mol. The summed E-state index contributed by atoms with van der Waals surface area (Å²) in [6.07, 6.45) is 5.24. The van der Waals surface area contributed by atoms with Gasteiger partial charge in [-0.15, -0.1) is 11.3 Å². The van der Waals surface area contributed by atoms with E-state index < -0.39 is 10.0 Å². The van der Waals surface area contributed by atoms with Crippen LogP contribution in [0.4, 0.5) is 11.4 Å². The molecule has 3 aromatic rings. The Balaban J connectivity index is 1.32. The Morgan fingerprint density at radius 2 is 1.97 bits per heavy atom. The van der Waals surface area contributed by atoms with Gasteiger partial charge in [-0.3, -0.25) is 19.4 Å². The summed E-state index contributed by atoms with van der Waals surface area (Å²) in [7, 11) is -3.48.